The first-order valence-electron chi connectivity index (χ1n) is 5.78. The Kier molecular flexibility index (Phi) is 4.02. The molecule has 0 unspecified atom stereocenters. The molecule has 0 bridgehead atoms. The van der Waals surface area contributed by atoms with E-state index in [1.165, 1.54) is 10.6 Å². The number of rotatable bonds is 3. The molecule has 1 N–H and O–H groups in total. The van der Waals surface area contributed by atoms with Gasteiger partial charge in [0.25, 0.3) is 5.56 Å². The third kappa shape index (κ3) is 3.23. The second-order valence-electron chi connectivity index (χ2n) is 4.13. The predicted octanol–water partition coefficient (Wildman–Crippen LogP) is 2.45. The van der Waals surface area contributed by atoms with Crippen LogP contribution in [0.2, 0.25) is 5.02 Å². The molecule has 5 heteroatoms. The van der Waals surface area contributed by atoms with Gasteiger partial charge in [0.15, 0.2) is 0 Å². The van der Waals surface area contributed by atoms with Crippen molar-refractivity contribution in [3.63, 3.8) is 0 Å². The number of nitrogens with zero attached hydrogens (tertiary/aromatic N) is 1. The van der Waals surface area contributed by atoms with Crippen molar-refractivity contribution in [1.29, 1.82) is 0 Å². The van der Waals surface area contributed by atoms with Gasteiger partial charge in [0.05, 0.1) is 0 Å². The fourth-order valence-corrected chi connectivity index (χ4v) is 1.85. The molecule has 0 aliphatic carbocycles. The minimum Gasteiger partial charge on any atom is -0.324 e. The first-order valence-corrected chi connectivity index (χ1v) is 6.16. The van der Waals surface area contributed by atoms with Gasteiger partial charge in [-0.3, -0.25) is 9.59 Å². The molecule has 0 radical (unpaired) electrons. The minimum absolute atomic E-state index is 0.0222. The quantitative estimate of drug-likeness (QED) is 0.936. The fourth-order valence-electron chi connectivity index (χ4n) is 1.68. The number of carbonyl (C=O) groups excluding carboxylic acids is 1. The highest BCUT2D eigenvalue weighted by Crippen LogP contribution is 2.22. The van der Waals surface area contributed by atoms with Gasteiger partial charge in [-0.1, -0.05) is 23.7 Å². The fraction of sp³-hybridized carbons (Fsp3) is 0.143. The molecule has 1 amide bonds. The number of anilines is 1. The van der Waals surface area contributed by atoms with Gasteiger partial charge < -0.3 is 9.88 Å². The second-order valence-corrected chi connectivity index (χ2v) is 4.53. The van der Waals surface area contributed by atoms with Crippen LogP contribution in [0.4, 0.5) is 5.69 Å². The van der Waals surface area contributed by atoms with E-state index in [1.54, 1.807) is 36.5 Å². The van der Waals surface area contributed by atoms with E-state index >= 15 is 0 Å². The SMILES string of the molecule is Cc1c(Cl)cccc1NC(=O)Cn1ccccc1=O. The predicted molar refractivity (Wildman–Crippen MR) is 75.5 cm³/mol. The van der Waals surface area contributed by atoms with Crippen LogP contribution in [0.15, 0.2) is 47.4 Å². The Bertz CT molecular complexity index is 664. The van der Waals surface area contributed by atoms with Gasteiger partial charge in [-0.05, 0) is 30.7 Å². The largest absolute Gasteiger partial charge is 0.324 e. The zero-order chi connectivity index (χ0) is 13.8. The van der Waals surface area contributed by atoms with Crippen molar-refractivity contribution in [3.8, 4) is 0 Å². The van der Waals surface area contributed by atoms with Crippen LogP contribution in [0.25, 0.3) is 0 Å². The monoisotopic (exact) mass is 276 g/mol. The maximum atomic E-state index is 11.9. The summed E-state index contributed by atoms with van der Waals surface area (Å²) in [4.78, 5) is 23.4. The summed E-state index contributed by atoms with van der Waals surface area (Å²) in [6.45, 7) is 1.80. The second kappa shape index (κ2) is 5.71. The molecular weight excluding hydrogens is 264 g/mol. The maximum Gasteiger partial charge on any atom is 0.250 e. The molecule has 98 valence electrons. The molecule has 0 aliphatic heterocycles. The van der Waals surface area contributed by atoms with Gasteiger partial charge in [0.2, 0.25) is 5.91 Å². The minimum atomic E-state index is -0.265. The Morgan fingerprint density at radius 1 is 1.26 bits per heavy atom. The van der Waals surface area contributed by atoms with Crippen molar-refractivity contribution >= 4 is 23.2 Å². The van der Waals surface area contributed by atoms with E-state index in [1.807, 2.05) is 6.92 Å². The van der Waals surface area contributed by atoms with Crippen molar-refractivity contribution in [1.82, 2.24) is 4.57 Å². The number of nitrogens with one attached hydrogen (secondary N) is 1. The molecule has 2 rings (SSSR count). The van der Waals surface area contributed by atoms with E-state index in [0.717, 1.165) is 5.56 Å². The highest BCUT2D eigenvalue weighted by Gasteiger charge is 2.07. The first-order chi connectivity index (χ1) is 9.08. The summed E-state index contributed by atoms with van der Waals surface area (Å²) in [7, 11) is 0. The molecule has 4 nitrogen and oxygen atoms in total. The molecule has 0 saturated heterocycles. The lowest BCUT2D eigenvalue weighted by molar-refractivity contribution is -0.116. The van der Waals surface area contributed by atoms with Gasteiger partial charge in [0, 0.05) is 23.0 Å². The van der Waals surface area contributed by atoms with E-state index < -0.39 is 0 Å². The Morgan fingerprint density at radius 2 is 2.05 bits per heavy atom. The highest BCUT2D eigenvalue weighted by molar-refractivity contribution is 6.31. The van der Waals surface area contributed by atoms with E-state index in [2.05, 4.69) is 5.32 Å². The summed E-state index contributed by atoms with van der Waals surface area (Å²) in [6, 6.07) is 10.1. The molecule has 0 aliphatic rings. The molecular formula is C14H13ClN2O2. The number of benzene rings is 1. The zero-order valence-corrected chi connectivity index (χ0v) is 11.1. The van der Waals surface area contributed by atoms with Crippen molar-refractivity contribution < 1.29 is 4.79 Å². The van der Waals surface area contributed by atoms with Crippen LogP contribution in [-0.4, -0.2) is 10.5 Å². The number of aromatic nitrogens is 1. The van der Waals surface area contributed by atoms with Crippen LogP contribution in [0.3, 0.4) is 0 Å². The van der Waals surface area contributed by atoms with E-state index in [9.17, 15) is 9.59 Å². The number of pyridine rings is 1. The van der Waals surface area contributed by atoms with Crippen molar-refractivity contribution in [2.75, 3.05) is 5.32 Å². The standard InChI is InChI=1S/C14H13ClN2O2/c1-10-11(15)5-4-6-12(10)16-13(18)9-17-8-3-2-7-14(17)19/h2-8H,9H2,1H3,(H,16,18). The number of hydrogen-bond donors (Lipinski definition) is 1. The third-order valence-corrected chi connectivity index (χ3v) is 3.16. The molecule has 0 spiro atoms. The Hall–Kier alpha value is -2.07. The zero-order valence-electron chi connectivity index (χ0n) is 10.4. The summed E-state index contributed by atoms with van der Waals surface area (Å²) < 4.78 is 1.34. The molecule has 1 heterocycles. The van der Waals surface area contributed by atoms with Crippen molar-refractivity contribution in [2.24, 2.45) is 0 Å². The number of carbonyl (C=O) groups is 1. The van der Waals surface area contributed by atoms with Gasteiger partial charge in [-0.25, -0.2) is 0 Å². The van der Waals surface area contributed by atoms with Crippen LogP contribution < -0.4 is 10.9 Å². The number of amides is 1. The molecule has 19 heavy (non-hydrogen) atoms. The van der Waals surface area contributed by atoms with Gasteiger partial charge in [-0.15, -0.1) is 0 Å². The van der Waals surface area contributed by atoms with Gasteiger partial charge in [0.1, 0.15) is 6.54 Å². The maximum absolute atomic E-state index is 11.9. The summed E-state index contributed by atoms with van der Waals surface area (Å²) in [5.74, 6) is -0.265. The molecule has 2 aromatic rings. The lowest BCUT2D eigenvalue weighted by atomic mass is 10.2. The summed E-state index contributed by atoms with van der Waals surface area (Å²) >= 11 is 5.98. The summed E-state index contributed by atoms with van der Waals surface area (Å²) in [6.07, 6.45) is 1.58. The molecule has 1 aromatic heterocycles. The van der Waals surface area contributed by atoms with Crippen molar-refractivity contribution in [3.05, 3.63) is 63.5 Å². The van der Waals surface area contributed by atoms with Crippen LogP contribution in [-0.2, 0) is 11.3 Å². The van der Waals surface area contributed by atoms with E-state index in [4.69, 9.17) is 11.6 Å². The van der Waals surface area contributed by atoms with Gasteiger partial charge in [-0.2, -0.15) is 0 Å². The van der Waals surface area contributed by atoms with Crippen LogP contribution in [0, 0.1) is 6.92 Å². The van der Waals surface area contributed by atoms with E-state index in [-0.39, 0.29) is 18.0 Å². The summed E-state index contributed by atoms with van der Waals surface area (Å²) in [5.41, 5.74) is 1.25. The normalized spacial score (nSPS) is 10.2. The lowest BCUT2D eigenvalue weighted by Crippen LogP contribution is -2.26. The van der Waals surface area contributed by atoms with Crippen LogP contribution in [0.5, 0.6) is 0 Å². The average molecular weight is 277 g/mol. The van der Waals surface area contributed by atoms with Crippen LogP contribution >= 0.6 is 11.6 Å². The average Bonchev–Trinajstić information content (AvgIpc) is 2.38. The highest BCUT2D eigenvalue weighted by atomic mass is 35.5. The molecule has 0 saturated carbocycles. The van der Waals surface area contributed by atoms with Crippen molar-refractivity contribution in [2.45, 2.75) is 13.5 Å². The van der Waals surface area contributed by atoms with Gasteiger partial charge >= 0.3 is 0 Å². The summed E-state index contributed by atoms with van der Waals surface area (Å²) in [5, 5.41) is 3.34. The Labute approximate surface area is 115 Å². The first kappa shape index (κ1) is 13.4. The lowest BCUT2D eigenvalue weighted by Gasteiger charge is -2.10. The molecule has 0 fully saturated rings. The number of hydrogen-bond acceptors (Lipinski definition) is 2. The molecule has 1 aromatic carbocycles. The smallest absolute Gasteiger partial charge is 0.250 e. The van der Waals surface area contributed by atoms with E-state index in [0.29, 0.717) is 10.7 Å². The third-order valence-electron chi connectivity index (χ3n) is 2.75. The number of halogens is 1. The topological polar surface area (TPSA) is 51.1 Å². The van der Waals surface area contributed by atoms with Crippen LogP contribution in [0.1, 0.15) is 5.56 Å². The Morgan fingerprint density at radius 3 is 2.79 bits per heavy atom. The molecule has 0 atom stereocenters. The Balaban J connectivity index is 2.12.